The van der Waals surface area contributed by atoms with Crippen molar-refractivity contribution in [1.82, 2.24) is 20.2 Å². The van der Waals surface area contributed by atoms with Crippen LogP contribution in [0.1, 0.15) is 38.5 Å². The maximum Gasteiger partial charge on any atom is 0.224 e. The highest BCUT2D eigenvalue weighted by Crippen LogP contribution is 2.25. The molecule has 0 saturated carbocycles. The smallest absolute Gasteiger partial charge is 0.224 e. The summed E-state index contributed by atoms with van der Waals surface area (Å²) >= 11 is 0. The van der Waals surface area contributed by atoms with E-state index >= 15 is 0 Å². The van der Waals surface area contributed by atoms with Gasteiger partial charge >= 0.3 is 0 Å². The van der Waals surface area contributed by atoms with Crippen LogP contribution in [0.3, 0.4) is 0 Å². The van der Waals surface area contributed by atoms with Gasteiger partial charge in [-0.3, -0.25) is 4.79 Å². The molecule has 6 heteroatoms. The van der Waals surface area contributed by atoms with Crippen LogP contribution in [0.15, 0.2) is 30.6 Å². The molecule has 0 bridgehead atoms. The lowest BCUT2D eigenvalue weighted by Gasteiger charge is -2.30. The summed E-state index contributed by atoms with van der Waals surface area (Å²) in [6.07, 6.45) is 8.04. The number of fused-ring (bicyclic) bond motifs is 2. The van der Waals surface area contributed by atoms with Crippen molar-refractivity contribution in [3.05, 3.63) is 30.6 Å². The average molecular weight is 353 g/mol. The van der Waals surface area contributed by atoms with Gasteiger partial charge in [0.25, 0.3) is 0 Å². The summed E-state index contributed by atoms with van der Waals surface area (Å²) in [5, 5.41) is 7.96. The topological polar surface area (TPSA) is 70.2 Å². The molecule has 6 nitrogen and oxygen atoms in total. The first-order chi connectivity index (χ1) is 12.8. The van der Waals surface area contributed by atoms with E-state index in [0.717, 1.165) is 42.7 Å². The largest absolute Gasteiger partial charge is 0.369 e. The molecule has 2 fully saturated rings. The van der Waals surface area contributed by atoms with E-state index in [2.05, 4.69) is 25.5 Å². The van der Waals surface area contributed by atoms with Gasteiger partial charge in [0.1, 0.15) is 12.1 Å². The average Bonchev–Trinajstić information content (AvgIpc) is 3.03. The van der Waals surface area contributed by atoms with Gasteiger partial charge in [0.05, 0.1) is 5.52 Å². The van der Waals surface area contributed by atoms with Crippen molar-refractivity contribution in [2.45, 2.75) is 50.6 Å². The van der Waals surface area contributed by atoms with Crippen molar-refractivity contribution in [2.75, 3.05) is 25.0 Å². The number of nitrogens with one attached hydrogen (secondary N) is 2. The van der Waals surface area contributed by atoms with Crippen molar-refractivity contribution in [1.29, 1.82) is 0 Å². The van der Waals surface area contributed by atoms with Crippen LogP contribution >= 0.6 is 0 Å². The molecule has 0 radical (unpaired) electrons. The molecular formula is C20H27N5O. The molecular weight excluding hydrogens is 326 g/mol. The maximum absolute atomic E-state index is 12.8. The molecule has 0 unspecified atom stereocenters. The second kappa shape index (κ2) is 7.99. The van der Waals surface area contributed by atoms with Gasteiger partial charge in [0.2, 0.25) is 5.91 Å². The van der Waals surface area contributed by atoms with Crippen LogP contribution in [0.25, 0.3) is 10.9 Å². The lowest BCUT2D eigenvalue weighted by atomic mass is 9.99. The number of anilines is 1. The molecule has 2 atom stereocenters. The van der Waals surface area contributed by atoms with Crippen LogP contribution in [0.4, 0.5) is 5.82 Å². The first-order valence-electron chi connectivity index (χ1n) is 9.79. The molecule has 1 amide bonds. The van der Waals surface area contributed by atoms with Crippen LogP contribution < -0.4 is 10.6 Å². The lowest BCUT2D eigenvalue weighted by Crippen LogP contribution is -2.46. The molecule has 138 valence electrons. The van der Waals surface area contributed by atoms with E-state index in [4.69, 9.17) is 0 Å². The summed E-state index contributed by atoms with van der Waals surface area (Å²) in [4.78, 5) is 23.5. The van der Waals surface area contributed by atoms with Gasteiger partial charge in [-0.05, 0) is 37.9 Å². The Labute approximate surface area is 154 Å². The van der Waals surface area contributed by atoms with Gasteiger partial charge in [-0.2, -0.15) is 0 Å². The van der Waals surface area contributed by atoms with E-state index in [-0.39, 0.29) is 5.91 Å². The molecule has 0 spiro atoms. The molecule has 3 heterocycles. The molecule has 2 aliphatic rings. The molecule has 4 rings (SSSR count). The van der Waals surface area contributed by atoms with Gasteiger partial charge in [-0.1, -0.05) is 25.0 Å². The fourth-order valence-electron chi connectivity index (χ4n) is 4.28. The second-order valence-corrected chi connectivity index (χ2v) is 7.27. The Hall–Kier alpha value is -2.21. The molecule has 1 aromatic carbocycles. The molecule has 2 aliphatic heterocycles. The number of benzene rings is 1. The summed E-state index contributed by atoms with van der Waals surface area (Å²) < 4.78 is 0. The normalized spacial score (nSPS) is 23.3. The first-order valence-corrected chi connectivity index (χ1v) is 9.79. The molecule has 2 saturated heterocycles. The number of aromatic nitrogens is 2. The van der Waals surface area contributed by atoms with E-state index in [1.54, 1.807) is 6.33 Å². The minimum atomic E-state index is 0.255. The highest BCUT2D eigenvalue weighted by Gasteiger charge is 2.36. The number of rotatable bonds is 4. The van der Waals surface area contributed by atoms with Crippen molar-refractivity contribution in [2.24, 2.45) is 0 Å². The summed E-state index contributed by atoms with van der Waals surface area (Å²) in [5.41, 5.74) is 0.916. The number of carbonyl (C=O) groups is 1. The number of nitrogens with zero attached hydrogens (tertiary/aromatic N) is 3. The SMILES string of the molecule is O=C(CCNc1ncnc2ccccc12)N1CC[C@H]2NCCCCC[C@H]21. The number of likely N-dealkylation sites (tertiary alicyclic amines) is 1. The Morgan fingerprint density at radius 1 is 1.19 bits per heavy atom. The van der Waals surface area contributed by atoms with Crippen molar-refractivity contribution in [3.63, 3.8) is 0 Å². The summed E-state index contributed by atoms with van der Waals surface area (Å²) in [5.74, 6) is 1.06. The van der Waals surface area contributed by atoms with E-state index in [9.17, 15) is 4.79 Å². The quantitative estimate of drug-likeness (QED) is 0.884. The van der Waals surface area contributed by atoms with E-state index in [1.807, 2.05) is 24.3 Å². The fraction of sp³-hybridized carbons (Fsp3) is 0.550. The Bertz CT molecular complexity index is 759. The zero-order valence-corrected chi connectivity index (χ0v) is 15.2. The Morgan fingerprint density at radius 2 is 2.12 bits per heavy atom. The molecule has 26 heavy (non-hydrogen) atoms. The first kappa shape index (κ1) is 17.2. The highest BCUT2D eigenvalue weighted by molar-refractivity contribution is 5.88. The van der Waals surface area contributed by atoms with Crippen molar-refractivity contribution >= 4 is 22.6 Å². The summed E-state index contributed by atoms with van der Waals surface area (Å²) in [6.45, 7) is 2.57. The number of amides is 1. The zero-order valence-electron chi connectivity index (χ0n) is 15.2. The van der Waals surface area contributed by atoms with E-state index < -0.39 is 0 Å². The minimum Gasteiger partial charge on any atom is -0.369 e. The van der Waals surface area contributed by atoms with Gasteiger partial charge in [-0.15, -0.1) is 0 Å². The van der Waals surface area contributed by atoms with E-state index in [0.29, 0.717) is 25.0 Å². The number of hydrogen-bond acceptors (Lipinski definition) is 5. The summed E-state index contributed by atoms with van der Waals surface area (Å²) in [7, 11) is 0. The van der Waals surface area contributed by atoms with Crippen molar-refractivity contribution in [3.8, 4) is 0 Å². The van der Waals surface area contributed by atoms with Gasteiger partial charge in [-0.25, -0.2) is 9.97 Å². The third-order valence-corrected chi connectivity index (χ3v) is 5.62. The van der Waals surface area contributed by atoms with Gasteiger partial charge in [0, 0.05) is 37.0 Å². The standard InChI is InChI=1S/C20H27N5O/c26-19(25-13-10-17-18(25)8-2-1-5-11-21-17)9-12-22-20-15-6-3-4-7-16(15)23-14-24-20/h3-4,6-7,14,17-18,21H,1-2,5,8-13H2,(H,22,23,24)/t17-,18-/m1/s1. The number of hydrogen-bond donors (Lipinski definition) is 2. The van der Waals surface area contributed by atoms with E-state index in [1.165, 1.54) is 19.3 Å². The van der Waals surface area contributed by atoms with Gasteiger partial charge in [0.15, 0.2) is 0 Å². The Morgan fingerprint density at radius 3 is 3.08 bits per heavy atom. The Kier molecular flexibility index (Phi) is 5.29. The van der Waals surface area contributed by atoms with Crippen LogP contribution in [-0.2, 0) is 4.79 Å². The molecule has 0 aliphatic carbocycles. The minimum absolute atomic E-state index is 0.255. The van der Waals surface area contributed by atoms with Crippen LogP contribution in [-0.4, -0.2) is 52.5 Å². The van der Waals surface area contributed by atoms with Crippen LogP contribution in [0, 0.1) is 0 Å². The molecule has 2 aromatic rings. The Balaban J connectivity index is 1.35. The molecule has 1 aromatic heterocycles. The fourth-order valence-corrected chi connectivity index (χ4v) is 4.28. The lowest BCUT2D eigenvalue weighted by molar-refractivity contribution is -0.132. The van der Waals surface area contributed by atoms with Crippen molar-refractivity contribution < 1.29 is 4.79 Å². The second-order valence-electron chi connectivity index (χ2n) is 7.27. The highest BCUT2D eigenvalue weighted by atomic mass is 16.2. The third kappa shape index (κ3) is 3.65. The maximum atomic E-state index is 12.8. The molecule has 2 N–H and O–H groups in total. The predicted octanol–water partition coefficient (Wildman–Crippen LogP) is 2.56. The third-order valence-electron chi connectivity index (χ3n) is 5.62. The zero-order chi connectivity index (χ0) is 17.8. The predicted molar refractivity (Wildman–Crippen MR) is 103 cm³/mol. The number of para-hydroxylation sites is 1. The van der Waals surface area contributed by atoms with Crippen LogP contribution in [0.2, 0.25) is 0 Å². The van der Waals surface area contributed by atoms with Crippen LogP contribution in [0.5, 0.6) is 0 Å². The van der Waals surface area contributed by atoms with Gasteiger partial charge < -0.3 is 15.5 Å². The number of carbonyl (C=O) groups excluding carboxylic acids is 1. The summed E-state index contributed by atoms with van der Waals surface area (Å²) in [6, 6.07) is 8.79. The monoisotopic (exact) mass is 353 g/mol.